The molecule has 1 nitrogen and oxygen atoms in total. The standard InChI is InChI=1S/C16H14F4O/c1-10-4-2-5-11(8-10)9-14(21)12-6-3-7-13(15(12)17)16(18,19)20/h2-8,14,21H,9H2,1H3. The van der Waals surface area contributed by atoms with Crippen LogP contribution >= 0.6 is 0 Å². The number of hydrogen-bond acceptors (Lipinski definition) is 1. The van der Waals surface area contributed by atoms with Gasteiger partial charge in [0.2, 0.25) is 0 Å². The molecule has 112 valence electrons. The van der Waals surface area contributed by atoms with Crippen molar-refractivity contribution in [2.75, 3.05) is 0 Å². The molecule has 0 fully saturated rings. The Balaban J connectivity index is 2.30. The van der Waals surface area contributed by atoms with Gasteiger partial charge in [0, 0.05) is 12.0 Å². The first-order chi connectivity index (χ1) is 9.79. The average molecular weight is 298 g/mol. The number of alkyl halides is 3. The lowest BCUT2D eigenvalue weighted by molar-refractivity contribution is -0.140. The normalized spacial score (nSPS) is 13.2. The Labute approximate surface area is 119 Å². The monoisotopic (exact) mass is 298 g/mol. The van der Waals surface area contributed by atoms with Crippen LogP contribution in [0.4, 0.5) is 17.6 Å². The summed E-state index contributed by atoms with van der Waals surface area (Å²) in [5.74, 6) is -1.41. The molecule has 0 bridgehead atoms. The minimum atomic E-state index is -4.77. The van der Waals surface area contributed by atoms with Crippen LogP contribution in [0.3, 0.4) is 0 Å². The van der Waals surface area contributed by atoms with E-state index in [0.29, 0.717) is 6.07 Å². The maximum absolute atomic E-state index is 13.9. The first-order valence-electron chi connectivity index (χ1n) is 6.38. The summed E-state index contributed by atoms with van der Waals surface area (Å²) in [7, 11) is 0. The molecule has 0 spiro atoms. The fourth-order valence-electron chi connectivity index (χ4n) is 2.20. The molecule has 0 aliphatic rings. The second-order valence-corrected chi connectivity index (χ2v) is 4.92. The lowest BCUT2D eigenvalue weighted by Crippen LogP contribution is -2.12. The highest BCUT2D eigenvalue weighted by molar-refractivity contribution is 5.31. The minimum absolute atomic E-state index is 0.0555. The Morgan fingerprint density at radius 2 is 1.76 bits per heavy atom. The molecule has 5 heteroatoms. The summed E-state index contributed by atoms with van der Waals surface area (Å²) in [6, 6.07) is 10.1. The first-order valence-corrected chi connectivity index (χ1v) is 6.38. The van der Waals surface area contributed by atoms with Crippen molar-refractivity contribution in [1.82, 2.24) is 0 Å². The van der Waals surface area contributed by atoms with Crippen molar-refractivity contribution in [2.24, 2.45) is 0 Å². The van der Waals surface area contributed by atoms with E-state index in [1.54, 1.807) is 18.2 Å². The lowest BCUT2D eigenvalue weighted by Gasteiger charge is -2.16. The van der Waals surface area contributed by atoms with E-state index < -0.39 is 23.7 Å². The Bertz CT molecular complexity index is 634. The number of halogens is 4. The van der Waals surface area contributed by atoms with Gasteiger partial charge in [-0.05, 0) is 18.6 Å². The quantitative estimate of drug-likeness (QED) is 0.831. The van der Waals surface area contributed by atoms with Gasteiger partial charge in [-0.2, -0.15) is 13.2 Å². The van der Waals surface area contributed by atoms with E-state index in [0.717, 1.165) is 17.2 Å². The third kappa shape index (κ3) is 3.61. The molecule has 0 radical (unpaired) electrons. The van der Waals surface area contributed by atoms with Gasteiger partial charge in [0.25, 0.3) is 0 Å². The van der Waals surface area contributed by atoms with Crippen LogP contribution in [-0.4, -0.2) is 5.11 Å². The SMILES string of the molecule is Cc1cccc(CC(O)c2cccc(C(F)(F)F)c2F)c1. The summed E-state index contributed by atoms with van der Waals surface area (Å²) in [6.45, 7) is 1.86. The fourth-order valence-corrected chi connectivity index (χ4v) is 2.20. The molecule has 0 aliphatic heterocycles. The zero-order valence-corrected chi connectivity index (χ0v) is 11.3. The minimum Gasteiger partial charge on any atom is -0.388 e. The molecule has 0 saturated heterocycles. The van der Waals surface area contributed by atoms with Gasteiger partial charge in [-0.3, -0.25) is 0 Å². The Hall–Kier alpha value is -1.88. The molecule has 1 unspecified atom stereocenters. The number of aryl methyl sites for hydroxylation is 1. The van der Waals surface area contributed by atoms with Gasteiger partial charge in [0.05, 0.1) is 11.7 Å². The van der Waals surface area contributed by atoms with Crippen LogP contribution in [-0.2, 0) is 12.6 Å². The molecule has 2 aromatic rings. The molecule has 2 aromatic carbocycles. The van der Waals surface area contributed by atoms with Crippen LogP contribution in [0.2, 0.25) is 0 Å². The van der Waals surface area contributed by atoms with Crippen molar-refractivity contribution < 1.29 is 22.7 Å². The van der Waals surface area contributed by atoms with Gasteiger partial charge in [0.15, 0.2) is 0 Å². The fraction of sp³-hybridized carbons (Fsp3) is 0.250. The molecule has 0 amide bonds. The van der Waals surface area contributed by atoms with Gasteiger partial charge in [-0.15, -0.1) is 0 Å². The molecule has 1 atom stereocenters. The van der Waals surface area contributed by atoms with E-state index in [9.17, 15) is 22.7 Å². The highest BCUT2D eigenvalue weighted by Gasteiger charge is 2.35. The Kier molecular flexibility index (Phi) is 4.32. The molecular weight excluding hydrogens is 284 g/mol. The average Bonchev–Trinajstić information content (AvgIpc) is 2.37. The van der Waals surface area contributed by atoms with Gasteiger partial charge in [0.1, 0.15) is 5.82 Å². The third-order valence-electron chi connectivity index (χ3n) is 3.20. The van der Waals surface area contributed by atoms with Crippen LogP contribution in [0.25, 0.3) is 0 Å². The van der Waals surface area contributed by atoms with Crippen molar-refractivity contribution >= 4 is 0 Å². The summed E-state index contributed by atoms with van der Waals surface area (Å²) in [5.41, 5.74) is -0.00171. The first kappa shape index (κ1) is 15.5. The van der Waals surface area contributed by atoms with Crippen LogP contribution in [0.15, 0.2) is 42.5 Å². The van der Waals surface area contributed by atoms with E-state index in [4.69, 9.17) is 0 Å². The highest BCUT2D eigenvalue weighted by atomic mass is 19.4. The van der Waals surface area contributed by atoms with Crippen molar-refractivity contribution in [1.29, 1.82) is 0 Å². The van der Waals surface area contributed by atoms with Gasteiger partial charge < -0.3 is 5.11 Å². The smallest absolute Gasteiger partial charge is 0.388 e. The van der Waals surface area contributed by atoms with Crippen LogP contribution in [0, 0.1) is 12.7 Å². The van der Waals surface area contributed by atoms with E-state index in [1.807, 2.05) is 13.0 Å². The predicted octanol–water partition coefficient (Wildman–Crippen LogP) is 4.43. The summed E-state index contributed by atoms with van der Waals surface area (Å²) in [4.78, 5) is 0. The summed E-state index contributed by atoms with van der Waals surface area (Å²) in [5, 5.41) is 10.0. The summed E-state index contributed by atoms with van der Waals surface area (Å²) in [6.07, 6.45) is -6.04. The Morgan fingerprint density at radius 1 is 1.10 bits per heavy atom. The van der Waals surface area contributed by atoms with Crippen molar-refractivity contribution in [3.8, 4) is 0 Å². The number of hydrogen-bond donors (Lipinski definition) is 1. The maximum atomic E-state index is 13.9. The summed E-state index contributed by atoms with van der Waals surface area (Å²) >= 11 is 0. The van der Waals surface area contributed by atoms with Crippen LogP contribution in [0.5, 0.6) is 0 Å². The molecule has 2 rings (SSSR count). The Morgan fingerprint density at radius 3 is 2.38 bits per heavy atom. The zero-order chi connectivity index (χ0) is 15.6. The maximum Gasteiger partial charge on any atom is 0.419 e. The van der Waals surface area contributed by atoms with E-state index >= 15 is 0 Å². The molecule has 0 aliphatic carbocycles. The molecule has 1 N–H and O–H groups in total. The van der Waals surface area contributed by atoms with Crippen molar-refractivity contribution in [2.45, 2.75) is 25.6 Å². The molecule has 0 heterocycles. The number of aliphatic hydroxyl groups excluding tert-OH is 1. The number of rotatable bonds is 3. The molecule has 0 aromatic heterocycles. The molecular formula is C16H14F4O. The summed E-state index contributed by atoms with van der Waals surface area (Å²) < 4.78 is 51.9. The van der Waals surface area contributed by atoms with Crippen molar-refractivity contribution in [3.63, 3.8) is 0 Å². The second kappa shape index (κ2) is 5.85. The third-order valence-corrected chi connectivity index (χ3v) is 3.20. The van der Waals surface area contributed by atoms with E-state index in [1.165, 1.54) is 6.07 Å². The van der Waals surface area contributed by atoms with E-state index in [2.05, 4.69) is 0 Å². The van der Waals surface area contributed by atoms with Crippen molar-refractivity contribution in [3.05, 3.63) is 70.5 Å². The molecule has 0 saturated carbocycles. The second-order valence-electron chi connectivity index (χ2n) is 4.92. The van der Waals surface area contributed by atoms with Gasteiger partial charge in [-0.1, -0.05) is 42.0 Å². The lowest BCUT2D eigenvalue weighted by atomic mass is 9.98. The van der Waals surface area contributed by atoms with Gasteiger partial charge in [-0.25, -0.2) is 4.39 Å². The van der Waals surface area contributed by atoms with E-state index in [-0.39, 0.29) is 12.0 Å². The molecule has 21 heavy (non-hydrogen) atoms. The van der Waals surface area contributed by atoms with Gasteiger partial charge >= 0.3 is 6.18 Å². The zero-order valence-electron chi connectivity index (χ0n) is 11.3. The van der Waals surface area contributed by atoms with Crippen LogP contribution in [0.1, 0.15) is 28.4 Å². The highest BCUT2D eigenvalue weighted by Crippen LogP contribution is 2.34. The number of aliphatic hydroxyl groups is 1. The predicted molar refractivity (Wildman–Crippen MR) is 71.2 cm³/mol. The number of benzene rings is 2. The topological polar surface area (TPSA) is 20.2 Å². The van der Waals surface area contributed by atoms with Crippen LogP contribution < -0.4 is 0 Å². The largest absolute Gasteiger partial charge is 0.419 e.